The number of hydrogen-bond donors (Lipinski definition) is 0. The second-order valence-electron chi connectivity index (χ2n) is 3.67. The zero-order valence-electron chi connectivity index (χ0n) is 9.22. The van der Waals surface area contributed by atoms with Crippen LogP contribution in [0.4, 0.5) is 0 Å². The maximum Gasteiger partial charge on any atom is 0.184 e. The van der Waals surface area contributed by atoms with E-state index in [4.69, 9.17) is 10.00 Å². The highest BCUT2D eigenvalue weighted by Crippen LogP contribution is 2.20. The van der Waals surface area contributed by atoms with Crippen molar-refractivity contribution in [2.24, 2.45) is 0 Å². The molecule has 0 saturated heterocycles. The maximum atomic E-state index is 11.1. The molecular formula is C14H11NO2. The normalized spacial score (nSPS) is 9.82. The Bertz CT molecular complexity index is 584. The first-order chi connectivity index (χ1) is 8.29. The number of benzene rings is 2. The van der Waals surface area contributed by atoms with Crippen molar-refractivity contribution in [3.63, 3.8) is 0 Å². The largest absolute Gasteiger partial charge is 0.486 e. The molecule has 0 bridgehead atoms. The van der Waals surface area contributed by atoms with Crippen LogP contribution in [0.3, 0.4) is 0 Å². The van der Waals surface area contributed by atoms with Crippen LogP contribution >= 0.6 is 0 Å². The summed E-state index contributed by atoms with van der Waals surface area (Å²) in [5, 5.41) is 10.5. The third-order valence-electron chi connectivity index (χ3n) is 2.40. The highest BCUT2D eigenvalue weighted by atomic mass is 16.5. The predicted molar refractivity (Wildman–Crippen MR) is 64.7 cm³/mol. The molecule has 84 valence electrons. The Morgan fingerprint density at radius 2 is 1.94 bits per heavy atom. The van der Waals surface area contributed by atoms with Crippen molar-refractivity contribution in [3.8, 4) is 11.8 Å². The predicted octanol–water partition coefficient (Wildman–Crippen LogP) is 2.70. The van der Waals surface area contributed by atoms with Crippen LogP contribution in [0.1, 0.15) is 6.42 Å². The lowest BCUT2D eigenvalue weighted by molar-refractivity contribution is -0.120. The molecule has 0 fully saturated rings. The van der Waals surface area contributed by atoms with Crippen molar-refractivity contribution in [3.05, 3.63) is 42.5 Å². The smallest absolute Gasteiger partial charge is 0.184 e. The van der Waals surface area contributed by atoms with Gasteiger partial charge in [0.1, 0.15) is 12.4 Å². The number of ether oxygens (including phenoxy) is 1. The SMILES string of the molecule is N#CCC(=O)COc1ccc2ccccc2c1. The van der Waals surface area contributed by atoms with Gasteiger partial charge < -0.3 is 4.74 Å². The van der Waals surface area contributed by atoms with Crippen LogP contribution in [0.25, 0.3) is 10.8 Å². The van der Waals surface area contributed by atoms with Gasteiger partial charge in [0.05, 0.1) is 12.5 Å². The number of carbonyl (C=O) groups excluding carboxylic acids is 1. The summed E-state index contributed by atoms with van der Waals surface area (Å²) in [7, 11) is 0. The van der Waals surface area contributed by atoms with Crippen LogP contribution in [-0.2, 0) is 4.79 Å². The maximum absolute atomic E-state index is 11.1. The minimum atomic E-state index is -0.208. The fraction of sp³-hybridized carbons (Fsp3) is 0.143. The van der Waals surface area contributed by atoms with Gasteiger partial charge >= 0.3 is 0 Å². The summed E-state index contributed by atoms with van der Waals surface area (Å²) in [5.41, 5.74) is 0. The molecule has 0 aliphatic carbocycles. The third-order valence-corrected chi connectivity index (χ3v) is 2.40. The Hall–Kier alpha value is -2.34. The number of nitriles is 1. The van der Waals surface area contributed by atoms with Gasteiger partial charge in [0.2, 0.25) is 0 Å². The highest BCUT2D eigenvalue weighted by Gasteiger charge is 2.02. The summed E-state index contributed by atoms with van der Waals surface area (Å²) < 4.78 is 5.33. The van der Waals surface area contributed by atoms with E-state index in [2.05, 4.69) is 0 Å². The van der Waals surface area contributed by atoms with Gasteiger partial charge in [0, 0.05) is 0 Å². The van der Waals surface area contributed by atoms with Crippen molar-refractivity contribution in [2.45, 2.75) is 6.42 Å². The third kappa shape index (κ3) is 2.82. The molecule has 2 aromatic carbocycles. The average molecular weight is 225 g/mol. The fourth-order valence-corrected chi connectivity index (χ4v) is 1.56. The summed E-state index contributed by atoms with van der Waals surface area (Å²) in [4.78, 5) is 11.1. The Morgan fingerprint density at radius 3 is 2.71 bits per heavy atom. The van der Waals surface area contributed by atoms with Gasteiger partial charge in [0.15, 0.2) is 5.78 Å². The molecule has 0 aliphatic heterocycles. The molecule has 0 amide bonds. The Labute approximate surface area is 99.2 Å². The van der Waals surface area contributed by atoms with E-state index in [1.54, 1.807) is 6.07 Å². The molecule has 3 nitrogen and oxygen atoms in total. The summed E-state index contributed by atoms with van der Waals surface area (Å²) in [6.07, 6.45) is -0.104. The van der Waals surface area contributed by atoms with Crippen molar-refractivity contribution >= 4 is 16.6 Å². The molecule has 2 aromatic rings. The van der Waals surface area contributed by atoms with Crippen molar-refractivity contribution in [2.75, 3.05) is 6.61 Å². The van der Waals surface area contributed by atoms with Gasteiger partial charge in [0.25, 0.3) is 0 Å². The molecular weight excluding hydrogens is 214 g/mol. The van der Waals surface area contributed by atoms with Crippen molar-refractivity contribution < 1.29 is 9.53 Å². The van der Waals surface area contributed by atoms with Gasteiger partial charge in [-0.3, -0.25) is 4.79 Å². The van der Waals surface area contributed by atoms with E-state index in [9.17, 15) is 4.79 Å². The molecule has 0 atom stereocenters. The summed E-state index contributed by atoms with van der Waals surface area (Å²) >= 11 is 0. The number of ketones is 1. The number of Topliss-reactive ketones (excluding diaryl/α,β-unsaturated/α-hetero) is 1. The fourth-order valence-electron chi connectivity index (χ4n) is 1.56. The van der Waals surface area contributed by atoms with E-state index in [1.807, 2.05) is 42.5 Å². The van der Waals surface area contributed by atoms with E-state index in [0.717, 1.165) is 10.8 Å². The molecule has 0 N–H and O–H groups in total. The van der Waals surface area contributed by atoms with Gasteiger partial charge in [-0.1, -0.05) is 30.3 Å². The lowest BCUT2D eigenvalue weighted by Crippen LogP contribution is -2.09. The van der Waals surface area contributed by atoms with Gasteiger partial charge in [-0.25, -0.2) is 0 Å². The number of hydrogen-bond acceptors (Lipinski definition) is 3. The molecule has 0 aliphatic rings. The van der Waals surface area contributed by atoms with Crippen molar-refractivity contribution in [1.82, 2.24) is 0 Å². The van der Waals surface area contributed by atoms with E-state index in [-0.39, 0.29) is 18.8 Å². The summed E-state index contributed by atoms with van der Waals surface area (Å²) in [5.74, 6) is 0.440. The lowest BCUT2D eigenvalue weighted by Gasteiger charge is -2.05. The zero-order valence-corrected chi connectivity index (χ0v) is 9.22. The molecule has 3 heteroatoms. The quantitative estimate of drug-likeness (QED) is 0.803. The number of carbonyl (C=O) groups is 1. The number of fused-ring (bicyclic) bond motifs is 1. The van der Waals surface area contributed by atoms with Crippen molar-refractivity contribution in [1.29, 1.82) is 5.26 Å². The summed E-state index contributed by atoms with van der Waals surface area (Å²) in [6.45, 7) is -0.0497. The highest BCUT2D eigenvalue weighted by molar-refractivity contribution is 5.84. The molecule has 2 rings (SSSR count). The van der Waals surface area contributed by atoms with Crippen LogP contribution < -0.4 is 4.74 Å². The topological polar surface area (TPSA) is 50.1 Å². The lowest BCUT2D eigenvalue weighted by atomic mass is 10.1. The monoisotopic (exact) mass is 225 g/mol. The Kier molecular flexibility index (Phi) is 3.37. The molecule has 0 unspecified atom stereocenters. The van der Waals surface area contributed by atoms with E-state index in [0.29, 0.717) is 5.75 Å². The van der Waals surface area contributed by atoms with Crippen LogP contribution in [-0.4, -0.2) is 12.4 Å². The minimum Gasteiger partial charge on any atom is -0.486 e. The minimum absolute atomic E-state index is 0.0497. The van der Waals surface area contributed by atoms with Gasteiger partial charge in [-0.05, 0) is 22.9 Å². The van der Waals surface area contributed by atoms with E-state index in [1.165, 1.54) is 0 Å². The van der Waals surface area contributed by atoms with Crippen LogP contribution in [0.15, 0.2) is 42.5 Å². The molecule has 0 aromatic heterocycles. The zero-order chi connectivity index (χ0) is 12.1. The number of nitrogens with zero attached hydrogens (tertiary/aromatic N) is 1. The molecule has 0 heterocycles. The molecule has 0 radical (unpaired) electrons. The summed E-state index contributed by atoms with van der Waals surface area (Å²) in [6, 6.07) is 15.4. The molecule has 17 heavy (non-hydrogen) atoms. The standard InChI is InChI=1S/C14H11NO2/c15-8-7-13(16)10-17-14-6-5-11-3-1-2-4-12(11)9-14/h1-6,9H,7,10H2. The van der Waals surface area contributed by atoms with Gasteiger partial charge in [-0.15, -0.1) is 0 Å². The van der Waals surface area contributed by atoms with E-state index >= 15 is 0 Å². The first kappa shape index (κ1) is 11.2. The number of rotatable bonds is 4. The Morgan fingerprint density at radius 1 is 1.18 bits per heavy atom. The van der Waals surface area contributed by atoms with Gasteiger partial charge in [-0.2, -0.15) is 5.26 Å². The average Bonchev–Trinajstić information content (AvgIpc) is 2.36. The molecule has 0 spiro atoms. The Balaban J connectivity index is 2.10. The van der Waals surface area contributed by atoms with Crippen LogP contribution in [0.2, 0.25) is 0 Å². The second-order valence-corrected chi connectivity index (χ2v) is 3.67. The van der Waals surface area contributed by atoms with Crippen LogP contribution in [0.5, 0.6) is 5.75 Å². The van der Waals surface area contributed by atoms with Crippen LogP contribution in [0, 0.1) is 11.3 Å². The second kappa shape index (κ2) is 5.13. The molecule has 0 saturated carbocycles. The van der Waals surface area contributed by atoms with E-state index < -0.39 is 0 Å². The first-order valence-corrected chi connectivity index (χ1v) is 5.30. The first-order valence-electron chi connectivity index (χ1n) is 5.30.